The molecule has 0 aromatic heterocycles. The number of hydrogen-bond acceptors (Lipinski definition) is 23. The molecule has 0 heterocycles. The number of methoxy groups -OCH3 is 2. The Balaban J connectivity index is 0.00000385. The Labute approximate surface area is 441 Å². The fraction of sp³-hybridized carbons (Fsp3) is 0.0556. The first-order valence-corrected chi connectivity index (χ1v) is 21.3. The Hall–Kier alpha value is -4.69. The van der Waals surface area contributed by atoms with E-state index in [-0.39, 0.29) is 140 Å². The van der Waals surface area contributed by atoms with Gasteiger partial charge >= 0.3 is 88.7 Å². The van der Waals surface area contributed by atoms with Crippen LogP contribution in [0, 0.1) is 10.1 Å². The average Bonchev–Trinajstić information content (AvgIpc) is 3.21. The van der Waals surface area contributed by atoms with Gasteiger partial charge in [-0.3, -0.25) is 20.3 Å². The monoisotopic (exact) mass is 988 g/mol. The topological polar surface area (TPSA) is 402 Å². The number of anilines is 4. The van der Waals surface area contributed by atoms with Gasteiger partial charge in [0.2, 0.25) is 5.78 Å². The molecule has 5 aromatic rings. The molecule has 7 N–H and O–H groups in total. The third kappa shape index (κ3) is 12.2. The van der Waals surface area contributed by atoms with Gasteiger partial charge in [-0.25, -0.2) is 25.3 Å². The molecule has 0 fully saturated rings. The second kappa shape index (κ2) is 22.0. The maximum absolute atomic E-state index is 13.9. The van der Waals surface area contributed by atoms with Crippen molar-refractivity contribution in [2.24, 2.45) is 25.6 Å². The molecule has 0 saturated carbocycles. The normalized spacial score (nSPS) is 13.3. The summed E-state index contributed by atoms with van der Waals surface area (Å²) in [5.41, 5.74) is 16.7. The van der Waals surface area contributed by atoms with Crippen molar-refractivity contribution < 1.29 is 147 Å². The van der Waals surface area contributed by atoms with Crippen molar-refractivity contribution in [3.05, 3.63) is 105 Å². The number of benzene rings is 5. The van der Waals surface area contributed by atoms with Gasteiger partial charge in [0, 0.05) is 12.1 Å². The number of nitrogen functional groups attached to an aromatic ring is 3. The van der Waals surface area contributed by atoms with E-state index in [2.05, 4.69) is 31.0 Å². The molecule has 1 aliphatic carbocycles. The summed E-state index contributed by atoms with van der Waals surface area (Å²) in [7, 11) is -13.3. The zero-order valence-corrected chi connectivity index (χ0v) is 43.4. The summed E-state index contributed by atoms with van der Waals surface area (Å²) in [5.74, 6) is -1.05. The number of non-ortho nitro benzene ring substituents is 1. The first-order valence-electron chi connectivity index (χ1n) is 17.1. The van der Waals surface area contributed by atoms with Crippen LogP contribution in [-0.4, -0.2) is 69.5 Å². The number of hydrogen-bond donors (Lipinski definition) is 4. The summed E-state index contributed by atoms with van der Waals surface area (Å²) in [6, 6.07) is 16.1. The molecule has 0 bridgehead atoms. The van der Waals surface area contributed by atoms with Crippen LogP contribution in [0.1, 0.15) is 15.9 Å². The van der Waals surface area contributed by atoms with Gasteiger partial charge in [0.25, 0.3) is 5.69 Å². The molecule has 0 atom stereocenters. The van der Waals surface area contributed by atoms with Crippen LogP contribution in [0.4, 0.5) is 51.2 Å². The summed E-state index contributed by atoms with van der Waals surface area (Å²) in [6.07, 6.45) is 0.609. The second-order valence-electron chi connectivity index (χ2n) is 12.8. The fourth-order valence-corrected chi connectivity index (χ4v) is 7.78. The molecule has 0 aliphatic heterocycles. The van der Waals surface area contributed by atoms with E-state index in [1.807, 2.05) is 0 Å². The first-order chi connectivity index (χ1) is 29.5. The number of ketones is 1. The minimum absolute atomic E-state index is 0. The summed E-state index contributed by atoms with van der Waals surface area (Å²) < 4.78 is 120. The SMILES string of the molecule is COc1cc(-c2ccc(N/N=C3/C(=O)c4c(cc(S(=O)(=O)[O-])c(N=Nc5ccc([N+](=O)[O-])cc5)c4N)C=C3S(=O)(=O)[O-])c(OC)c2)ccc1N=Nc1cc(S(=O)(=O)[O-])c(N)cc1N.[Na+].[Na+].[Na+]. The number of nitro benzene ring substituents is 1. The van der Waals surface area contributed by atoms with Gasteiger partial charge in [-0.15, -0.1) is 15.3 Å². The number of nitro groups is 1. The standard InChI is InChI=1S/C36H30N10O14S3.3Na/c1-59-27-11-17(3-9-24(27)41-43-26-16-29(61(50,51)52)23(38)15-22(26)37)18-4-10-25(28(12-18)60-2)42-45-35-31(63(56,57)58)14-19-13-30(62(53,54)55)34(33(39)32(19)36(35)47)44-40-20-5-7-21(8-6-20)46(48)49;;;/h3-16,42H,37-39H2,1-2H3,(H,50,51,52)(H,53,54,55)(H,56,57,58);;;/q;3*+1/p-3/b43-41?,44-40?,45-35+;;;. The van der Waals surface area contributed by atoms with Gasteiger partial charge in [0.15, 0.2) is 0 Å². The van der Waals surface area contributed by atoms with Crippen LogP contribution >= 0.6 is 0 Å². The Morgan fingerprint density at radius 2 is 1.23 bits per heavy atom. The molecule has 326 valence electrons. The summed E-state index contributed by atoms with van der Waals surface area (Å²) in [4.78, 5) is 21.2. The molecule has 1 aliphatic rings. The van der Waals surface area contributed by atoms with Gasteiger partial charge in [0.1, 0.15) is 64.6 Å². The van der Waals surface area contributed by atoms with E-state index in [4.69, 9.17) is 26.7 Å². The Bertz CT molecular complexity index is 3250. The maximum Gasteiger partial charge on any atom is 1.00 e. The maximum atomic E-state index is 13.9. The average molecular weight is 989 g/mol. The van der Waals surface area contributed by atoms with Crippen molar-refractivity contribution in [3.8, 4) is 22.6 Å². The minimum Gasteiger partial charge on any atom is -0.744 e. The number of azo groups is 2. The molecule has 6 rings (SSSR count). The van der Waals surface area contributed by atoms with Gasteiger partial charge in [-0.2, -0.15) is 10.2 Å². The van der Waals surface area contributed by atoms with Gasteiger partial charge in [-0.05, 0) is 77.4 Å². The van der Waals surface area contributed by atoms with Crippen molar-refractivity contribution in [2.75, 3.05) is 36.8 Å². The minimum atomic E-state index is -5.53. The van der Waals surface area contributed by atoms with Crippen molar-refractivity contribution in [3.63, 3.8) is 0 Å². The molecule has 24 nitrogen and oxygen atoms in total. The summed E-state index contributed by atoms with van der Waals surface area (Å²) in [5, 5.41) is 30.4. The molecule has 0 unspecified atom stereocenters. The fourth-order valence-electron chi connectivity index (χ4n) is 5.87. The van der Waals surface area contributed by atoms with E-state index >= 15 is 0 Å². The molecule has 0 amide bonds. The number of carbonyl (C=O) groups excluding carboxylic acids is 1. The van der Waals surface area contributed by atoms with Crippen LogP contribution < -0.4 is 121 Å². The van der Waals surface area contributed by atoms with Crippen LogP contribution in [0.15, 0.2) is 119 Å². The summed E-state index contributed by atoms with van der Waals surface area (Å²) in [6.45, 7) is 0. The van der Waals surface area contributed by atoms with E-state index < -0.39 is 84.0 Å². The van der Waals surface area contributed by atoms with Crippen molar-refractivity contribution in [2.45, 2.75) is 9.79 Å². The molecule has 0 saturated heterocycles. The zero-order chi connectivity index (χ0) is 46.2. The summed E-state index contributed by atoms with van der Waals surface area (Å²) >= 11 is 0. The number of nitrogens with zero attached hydrogens (tertiary/aromatic N) is 6. The van der Waals surface area contributed by atoms with Crippen molar-refractivity contribution in [1.29, 1.82) is 0 Å². The smallest absolute Gasteiger partial charge is 0.744 e. The van der Waals surface area contributed by atoms with Crippen LogP contribution in [0.5, 0.6) is 11.5 Å². The first kappa shape index (κ1) is 55.6. The van der Waals surface area contributed by atoms with E-state index in [0.29, 0.717) is 23.3 Å². The van der Waals surface area contributed by atoms with Crippen LogP contribution in [0.25, 0.3) is 17.2 Å². The number of ether oxygens (including phenoxy) is 2. The number of nitrogens with two attached hydrogens (primary N) is 3. The number of fused-ring (bicyclic) bond motifs is 1. The van der Waals surface area contributed by atoms with Gasteiger partial charge in [-0.1, -0.05) is 12.1 Å². The van der Waals surface area contributed by atoms with Gasteiger partial charge < -0.3 is 40.3 Å². The number of hydrazone groups is 1. The molecular weight excluding hydrogens is 962 g/mol. The number of Topliss-reactive ketones (excluding diaryl/α,β-unsaturated/α-hetero) is 1. The van der Waals surface area contributed by atoms with Crippen molar-refractivity contribution in [1.82, 2.24) is 0 Å². The number of carbonyl (C=O) groups is 1. The number of rotatable bonds is 13. The predicted octanol–water partition coefficient (Wildman–Crippen LogP) is -3.77. The van der Waals surface area contributed by atoms with Crippen LogP contribution in [0.3, 0.4) is 0 Å². The third-order valence-corrected chi connectivity index (χ3v) is 11.4. The zero-order valence-electron chi connectivity index (χ0n) is 34.9. The molecule has 5 aromatic carbocycles. The van der Waals surface area contributed by atoms with Gasteiger partial charge in [0.05, 0.1) is 67.8 Å². The van der Waals surface area contributed by atoms with E-state index in [1.54, 1.807) is 18.2 Å². The number of allylic oxidation sites excluding steroid dienone is 1. The van der Waals surface area contributed by atoms with Crippen molar-refractivity contribution >= 4 is 99.1 Å². The number of nitrogens with one attached hydrogen (secondary N) is 1. The quantitative estimate of drug-likeness (QED) is 0.0220. The Morgan fingerprint density at radius 1 is 0.652 bits per heavy atom. The largest absolute Gasteiger partial charge is 1.00 e. The Kier molecular flexibility index (Phi) is 18.5. The second-order valence-corrected chi connectivity index (χ2v) is 16.8. The predicted molar refractivity (Wildman–Crippen MR) is 222 cm³/mol. The molecule has 66 heavy (non-hydrogen) atoms. The van der Waals surface area contributed by atoms with E-state index in [0.717, 1.165) is 36.4 Å². The molecular formula is C36H27N10Na3O14S3. The Morgan fingerprint density at radius 3 is 1.79 bits per heavy atom. The molecule has 0 radical (unpaired) electrons. The van der Waals surface area contributed by atoms with Crippen LogP contribution in [-0.2, 0) is 30.4 Å². The van der Waals surface area contributed by atoms with E-state index in [9.17, 15) is 53.8 Å². The van der Waals surface area contributed by atoms with E-state index in [1.165, 1.54) is 32.4 Å². The van der Waals surface area contributed by atoms with Crippen LogP contribution in [0.2, 0.25) is 0 Å². The molecule has 0 spiro atoms. The molecule has 30 heteroatoms. The third-order valence-electron chi connectivity index (χ3n) is 8.86.